The number of hydrogen-bond donors (Lipinski definition) is 0. The first-order chi connectivity index (χ1) is 8.58. The van der Waals surface area contributed by atoms with Crippen LogP contribution in [0, 0.1) is 0 Å². The van der Waals surface area contributed by atoms with E-state index in [4.69, 9.17) is 9.47 Å². The van der Waals surface area contributed by atoms with Crippen molar-refractivity contribution in [3.8, 4) is 0 Å². The van der Waals surface area contributed by atoms with Crippen LogP contribution in [0.1, 0.15) is 25.7 Å². The van der Waals surface area contributed by atoms with Crippen molar-refractivity contribution < 1.29 is 19.1 Å². The number of benzene rings is 1. The van der Waals surface area contributed by atoms with E-state index >= 15 is 0 Å². The summed E-state index contributed by atoms with van der Waals surface area (Å²) in [5.74, 6) is -0.979. The molecule has 4 nitrogen and oxygen atoms in total. The Labute approximate surface area is 108 Å². The number of ether oxygens (including phenoxy) is 2. The van der Waals surface area contributed by atoms with Crippen molar-refractivity contribution in [1.82, 2.24) is 0 Å². The third-order valence-corrected chi connectivity index (χ3v) is 3.29. The fourth-order valence-corrected chi connectivity index (χ4v) is 2.60. The van der Waals surface area contributed by atoms with Crippen LogP contribution in [0.4, 0.5) is 0 Å². The zero-order chi connectivity index (χ0) is 13.1. The molecule has 0 unspecified atom stereocenters. The Hall–Kier alpha value is -1.88. The first kappa shape index (κ1) is 12.6. The largest absolute Gasteiger partial charge is 0.421 e. The van der Waals surface area contributed by atoms with Crippen LogP contribution in [0.5, 0.6) is 0 Å². The Morgan fingerprint density at radius 2 is 1.72 bits per heavy atom. The van der Waals surface area contributed by atoms with E-state index in [1.165, 1.54) is 25.2 Å². The highest BCUT2D eigenvalue weighted by Crippen LogP contribution is 2.32. The molecule has 0 atom stereocenters. The number of hydrogen-bond acceptors (Lipinski definition) is 5. The predicted octanol–water partition coefficient (Wildman–Crippen LogP) is 3.03. The third kappa shape index (κ3) is 2.68. The molecule has 0 fully saturated rings. The molecular formula is C13H12O4S. The van der Waals surface area contributed by atoms with Crippen molar-refractivity contribution >= 4 is 33.4 Å². The molecule has 2 rings (SSSR count). The van der Waals surface area contributed by atoms with Crippen LogP contribution in [0.25, 0.3) is 10.1 Å². The molecule has 0 spiro atoms. The molecule has 1 aromatic carbocycles. The molecule has 0 aliphatic heterocycles. The molecule has 2 aromatic rings. The fourth-order valence-electron chi connectivity index (χ4n) is 1.63. The Kier molecular flexibility index (Phi) is 3.62. The average molecular weight is 264 g/mol. The van der Waals surface area contributed by atoms with Crippen molar-refractivity contribution in [2.75, 3.05) is 0 Å². The topological polar surface area (TPSA) is 52.6 Å². The second-order valence-corrected chi connectivity index (χ2v) is 4.65. The fraction of sp³-hybridized carbons (Fsp3) is 0.231. The van der Waals surface area contributed by atoms with E-state index < -0.39 is 18.2 Å². The van der Waals surface area contributed by atoms with Gasteiger partial charge in [-0.05, 0) is 6.07 Å². The smallest absolute Gasteiger partial charge is 0.305 e. The van der Waals surface area contributed by atoms with E-state index in [1.807, 2.05) is 29.6 Å². The molecule has 0 amide bonds. The first-order valence-corrected chi connectivity index (χ1v) is 6.26. The highest BCUT2D eigenvalue weighted by Gasteiger charge is 2.21. The van der Waals surface area contributed by atoms with Gasteiger partial charge < -0.3 is 9.47 Å². The summed E-state index contributed by atoms with van der Waals surface area (Å²) in [6, 6.07) is 7.68. The molecule has 0 saturated carbocycles. The van der Waals surface area contributed by atoms with Crippen LogP contribution in [0.2, 0.25) is 0 Å². The molecule has 0 aliphatic carbocycles. The number of fused-ring (bicyclic) bond motifs is 1. The summed E-state index contributed by atoms with van der Waals surface area (Å²) in [6.07, 6.45) is -0.976. The summed E-state index contributed by atoms with van der Waals surface area (Å²) < 4.78 is 11.1. The predicted molar refractivity (Wildman–Crippen MR) is 68.1 cm³/mol. The van der Waals surface area contributed by atoms with E-state index in [0.29, 0.717) is 5.56 Å². The molecule has 94 valence electrons. The van der Waals surface area contributed by atoms with Gasteiger partial charge in [0, 0.05) is 29.3 Å². The van der Waals surface area contributed by atoms with Crippen LogP contribution >= 0.6 is 11.3 Å². The van der Waals surface area contributed by atoms with E-state index in [1.54, 1.807) is 0 Å². The molecule has 0 aliphatic rings. The summed E-state index contributed by atoms with van der Waals surface area (Å²) in [7, 11) is 0. The van der Waals surface area contributed by atoms with Crippen LogP contribution in [-0.4, -0.2) is 11.9 Å². The Bertz CT molecular complexity index is 571. The quantitative estimate of drug-likeness (QED) is 0.631. The lowest BCUT2D eigenvalue weighted by Gasteiger charge is -2.16. The number of carbonyl (C=O) groups is 2. The maximum absolute atomic E-state index is 11.1. The van der Waals surface area contributed by atoms with Gasteiger partial charge in [-0.1, -0.05) is 18.2 Å². The van der Waals surface area contributed by atoms with Gasteiger partial charge in [0.1, 0.15) is 0 Å². The lowest BCUT2D eigenvalue weighted by molar-refractivity contribution is -0.186. The summed E-state index contributed by atoms with van der Waals surface area (Å²) in [5, 5.41) is 2.76. The van der Waals surface area contributed by atoms with Crippen molar-refractivity contribution in [3.05, 3.63) is 35.2 Å². The van der Waals surface area contributed by atoms with Gasteiger partial charge in [0.05, 0.1) is 5.56 Å². The molecule has 0 radical (unpaired) electrons. The van der Waals surface area contributed by atoms with Gasteiger partial charge in [0.2, 0.25) is 0 Å². The van der Waals surface area contributed by atoms with Crippen LogP contribution in [0.3, 0.4) is 0 Å². The summed E-state index contributed by atoms with van der Waals surface area (Å²) in [6.45, 7) is 2.57. The molecule has 0 bridgehead atoms. The number of thiophene rings is 1. The minimum atomic E-state index is -0.976. The van der Waals surface area contributed by atoms with Crippen LogP contribution in [-0.2, 0) is 19.1 Å². The molecule has 1 heterocycles. The Morgan fingerprint density at radius 1 is 1.11 bits per heavy atom. The lowest BCUT2D eigenvalue weighted by atomic mass is 10.2. The maximum Gasteiger partial charge on any atom is 0.305 e. The zero-order valence-corrected chi connectivity index (χ0v) is 10.8. The van der Waals surface area contributed by atoms with Gasteiger partial charge in [-0.3, -0.25) is 9.59 Å². The van der Waals surface area contributed by atoms with Gasteiger partial charge in [0.25, 0.3) is 6.29 Å². The van der Waals surface area contributed by atoms with Gasteiger partial charge in [-0.25, -0.2) is 0 Å². The summed E-state index contributed by atoms with van der Waals surface area (Å²) in [5.41, 5.74) is 0.695. The van der Waals surface area contributed by atoms with Crippen LogP contribution in [0.15, 0.2) is 29.6 Å². The monoisotopic (exact) mass is 264 g/mol. The van der Waals surface area contributed by atoms with Crippen molar-refractivity contribution in [3.63, 3.8) is 0 Å². The standard InChI is InChI=1S/C13H12O4S/c1-8(14)16-13(17-9(2)15)11-7-18-12-6-4-3-5-10(11)12/h3-7,13H,1-2H3. The second kappa shape index (κ2) is 5.18. The van der Waals surface area contributed by atoms with Crippen molar-refractivity contribution in [2.45, 2.75) is 20.1 Å². The van der Waals surface area contributed by atoms with Gasteiger partial charge >= 0.3 is 11.9 Å². The molecule has 0 saturated heterocycles. The molecular weight excluding hydrogens is 252 g/mol. The van der Waals surface area contributed by atoms with Crippen molar-refractivity contribution in [1.29, 1.82) is 0 Å². The third-order valence-electron chi connectivity index (χ3n) is 2.31. The molecule has 18 heavy (non-hydrogen) atoms. The SMILES string of the molecule is CC(=O)OC(OC(C)=O)c1csc2ccccc12. The van der Waals surface area contributed by atoms with Crippen LogP contribution < -0.4 is 0 Å². The molecule has 0 N–H and O–H groups in total. The van der Waals surface area contributed by atoms with E-state index in [0.717, 1.165) is 10.1 Å². The Morgan fingerprint density at radius 3 is 2.33 bits per heavy atom. The Balaban J connectivity index is 2.40. The second-order valence-electron chi connectivity index (χ2n) is 3.74. The van der Waals surface area contributed by atoms with E-state index in [-0.39, 0.29) is 0 Å². The summed E-state index contributed by atoms with van der Waals surface area (Å²) >= 11 is 1.51. The normalized spacial score (nSPS) is 10.6. The first-order valence-electron chi connectivity index (χ1n) is 5.38. The lowest BCUT2D eigenvalue weighted by Crippen LogP contribution is -2.14. The molecule has 5 heteroatoms. The average Bonchev–Trinajstić information content (AvgIpc) is 2.70. The zero-order valence-electron chi connectivity index (χ0n) is 10.0. The maximum atomic E-state index is 11.1. The van der Waals surface area contributed by atoms with Crippen molar-refractivity contribution in [2.24, 2.45) is 0 Å². The highest BCUT2D eigenvalue weighted by molar-refractivity contribution is 7.17. The minimum Gasteiger partial charge on any atom is -0.421 e. The highest BCUT2D eigenvalue weighted by atomic mass is 32.1. The van der Waals surface area contributed by atoms with E-state index in [9.17, 15) is 9.59 Å². The van der Waals surface area contributed by atoms with Gasteiger partial charge in [-0.2, -0.15) is 0 Å². The number of rotatable bonds is 3. The summed E-state index contributed by atoms with van der Waals surface area (Å²) in [4.78, 5) is 22.1. The van der Waals surface area contributed by atoms with E-state index in [2.05, 4.69) is 0 Å². The number of esters is 2. The minimum absolute atomic E-state index is 0.489. The molecule has 1 aromatic heterocycles. The van der Waals surface area contributed by atoms with Gasteiger partial charge in [0.15, 0.2) is 0 Å². The van der Waals surface area contributed by atoms with Gasteiger partial charge in [-0.15, -0.1) is 11.3 Å². The number of carbonyl (C=O) groups excluding carboxylic acids is 2.